The molecular formula is C12H14FN3O3S. The molecule has 0 unspecified atom stereocenters. The number of hydrogen-bond acceptors (Lipinski definition) is 4. The molecule has 6 nitrogen and oxygen atoms in total. The second kappa shape index (κ2) is 5.70. The van der Waals surface area contributed by atoms with Crippen LogP contribution in [-0.2, 0) is 23.2 Å². The van der Waals surface area contributed by atoms with Gasteiger partial charge < -0.3 is 10.1 Å². The van der Waals surface area contributed by atoms with E-state index in [-0.39, 0.29) is 22.6 Å². The van der Waals surface area contributed by atoms with Crippen molar-refractivity contribution in [3.8, 4) is 0 Å². The lowest BCUT2D eigenvalue weighted by Gasteiger charge is -2.11. The molecule has 8 heteroatoms. The normalized spacial score (nSPS) is 11.8. The highest BCUT2D eigenvalue weighted by Gasteiger charge is 2.20. The SMILES string of the molecule is Cc1c(F)cc(CO)cc1S(=O)(=O)NCc1cnc[nH]1. The number of aliphatic hydroxyl groups excluding tert-OH is 1. The van der Waals surface area contributed by atoms with Gasteiger partial charge in [0, 0.05) is 17.5 Å². The smallest absolute Gasteiger partial charge is 0.241 e. The van der Waals surface area contributed by atoms with Gasteiger partial charge in [0.15, 0.2) is 0 Å². The van der Waals surface area contributed by atoms with Crippen molar-refractivity contribution in [2.75, 3.05) is 0 Å². The summed E-state index contributed by atoms with van der Waals surface area (Å²) in [5.41, 5.74) is 0.805. The Morgan fingerprint density at radius 2 is 2.20 bits per heavy atom. The first-order valence-corrected chi connectivity index (χ1v) is 7.29. The number of benzene rings is 1. The Bertz CT molecular complexity index is 699. The molecule has 1 heterocycles. The Hall–Kier alpha value is -1.77. The van der Waals surface area contributed by atoms with Crippen molar-refractivity contribution in [3.05, 3.63) is 47.3 Å². The Balaban J connectivity index is 2.31. The summed E-state index contributed by atoms with van der Waals surface area (Å²) in [6.45, 7) is 0.967. The number of rotatable bonds is 5. The minimum absolute atomic E-state index is 0.0133. The molecule has 0 aliphatic rings. The molecule has 0 bridgehead atoms. The second-order valence-electron chi connectivity index (χ2n) is 4.26. The van der Waals surface area contributed by atoms with E-state index >= 15 is 0 Å². The van der Waals surface area contributed by atoms with Crippen molar-refractivity contribution in [1.29, 1.82) is 0 Å². The topological polar surface area (TPSA) is 95.1 Å². The maximum atomic E-state index is 13.7. The molecule has 0 saturated carbocycles. The summed E-state index contributed by atoms with van der Waals surface area (Å²) in [4.78, 5) is 6.35. The van der Waals surface area contributed by atoms with Crippen LogP contribution in [0.3, 0.4) is 0 Å². The maximum absolute atomic E-state index is 13.7. The van der Waals surface area contributed by atoms with E-state index in [1.165, 1.54) is 25.5 Å². The van der Waals surface area contributed by atoms with E-state index in [0.717, 1.165) is 6.07 Å². The number of aliphatic hydroxyl groups is 1. The molecule has 0 spiro atoms. The number of H-pyrrole nitrogens is 1. The first-order valence-electron chi connectivity index (χ1n) is 5.81. The minimum atomic E-state index is -3.87. The van der Waals surface area contributed by atoms with Crippen molar-refractivity contribution in [3.63, 3.8) is 0 Å². The molecule has 2 aromatic rings. The zero-order chi connectivity index (χ0) is 14.8. The molecule has 0 atom stereocenters. The summed E-state index contributed by atoms with van der Waals surface area (Å²) in [5, 5.41) is 9.03. The molecule has 0 amide bonds. The zero-order valence-electron chi connectivity index (χ0n) is 10.7. The number of hydrogen-bond donors (Lipinski definition) is 3. The molecule has 0 aliphatic heterocycles. The lowest BCUT2D eigenvalue weighted by atomic mass is 10.1. The van der Waals surface area contributed by atoms with Gasteiger partial charge in [-0.15, -0.1) is 0 Å². The molecule has 1 aromatic heterocycles. The molecule has 0 fully saturated rings. The third-order valence-electron chi connectivity index (χ3n) is 2.84. The van der Waals surface area contributed by atoms with E-state index in [9.17, 15) is 12.8 Å². The number of sulfonamides is 1. The predicted octanol–water partition coefficient (Wildman–Crippen LogP) is 0.828. The molecule has 3 N–H and O–H groups in total. The fourth-order valence-corrected chi connectivity index (χ4v) is 3.02. The van der Waals surface area contributed by atoms with E-state index in [4.69, 9.17) is 5.11 Å². The number of aromatic amines is 1. The van der Waals surface area contributed by atoms with Gasteiger partial charge in [0.1, 0.15) is 5.82 Å². The van der Waals surface area contributed by atoms with E-state index in [0.29, 0.717) is 5.69 Å². The molecule has 20 heavy (non-hydrogen) atoms. The van der Waals surface area contributed by atoms with Crippen LogP contribution < -0.4 is 4.72 Å². The summed E-state index contributed by atoms with van der Waals surface area (Å²) < 4.78 is 40.4. The highest BCUT2D eigenvalue weighted by molar-refractivity contribution is 7.89. The van der Waals surface area contributed by atoms with E-state index in [1.807, 2.05) is 0 Å². The highest BCUT2D eigenvalue weighted by atomic mass is 32.2. The summed E-state index contributed by atoms with van der Waals surface area (Å²) in [5.74, 6) is -0.668. The van der Waals surface area contributed by atoms with Crippen LogP contribution in [-0.4, -0.2) is 23.5 Å². The van der Waals surface area contributed by atoms with Gasteiger partial charge in [-0.3, -0.25) is 0 Å². The van der Waals surface area contributed by atoms with Crippen molar-refractivity contribution in [2.24, 2.45) is 0 Å². The summed E-state index contributed by atoms with van der Waals surface area (Å²) in [7, 11) is -3.87. The predicted molar refractivity (Wildman–Crippen MR) is 69.7 cm³/mol. The van der Waals surface area contributed by atoms with Gasteiger partial charge in [-0.25, -0.2) is 22.5 Å². The lowest BCUT2D eigenvalue weighted by Crippen LogP contribution is -2.24. The van der Waals surface area contributed by atoms with Gasteiger partial charge in [-0.2, -0.15) is 0 Å². The van der Waals surface area contributed by atoms with Gasteiger partial charge in [-0.05, 0) is 24.6 Å². The molecule has 108 valence electrons. The average molecular weight is 299 g/mol. The quantitative estimate of drug-likeness (QED) is 0.762. The third kappa shape index (κ3) is 3.03. The van der Waals surface area contributed by atoms with Gasteiger partial charge in [0.05, 0.1) is 24.4 Å². The first kappa shape index (κ1) is 14.6. The largest absolute Gasteiger partial charge is 0.392 e. The van der Waals surface area contributed by atoms with Crippen molar-refractivity contribution >= 4 is 10.0 Å². The van der Waals surface area contributed by atoms with Crippen LogP contribution in [0, 0.1) is 12.7 Å². The fourth-order valence-electron chi connectivity index (χ4n) is 1.71. The van der Waals surface area contributed by atoms with Gasteiger partial charge in [0.25, 0.3) is 0 Å². The molecule has 2 rings (SSSR count). The number of imidazole rings is 1. The van der Waals surface area contributed by atoms with Crippen LogP contribution in [0.1, 0.15) is 16.8 Å². The molecule has 0 saturated heterocycles. The van der Waals surface area contributed by atoms with Crippen LogP contribution in [0.15, 0.2) is 29.6 Å². The van der Waals surface area contributed by atoms with E-state index in [2.05, 4.69) is 14.7 Å². The Morgan fingerprint density at radius 1 is 1.45 bits per heavy atom. The monoisotopic (exact) mass is 299 g/mol. The van der Waals surface area contributed by atoms with Crippen LogP contribution in [0.5, 0.6) is 0 Å². The van der Waals surface area contributed by atoms with Crippen LogP contribution >= 0.6 is 0 Å². The Labute approximate surface area is 115 Å². The Morgan fingerprint density at radius 3 is 2.80 bits per heavy atom. The van der Waals surface area contributed by atoms with Gasteiger partial charge in [-0.1, -0.05) is 0 Å². The van der Waals surface area contributed by atoms with Gasteiger partial charge >= 0.3 is 0 Å². The fraction of sp³-hybridized carbons (Fsp3) is 0.250. The molecule has 1 aromatic carbocycles. The number of nitrogens with one attached hydrogen (secondary N) is 2. The summed E-state index contributed by atoms with van der Waals surface area (Å²) in [6.07, 6.45) is 2.92. The molecule has 0 radical (unpaired) electrons. The summed E-state index contributed by atoms with van der Waals surface area (Å²) >= 11 is 0. The van der Waals surface area contributed by atoms with Crippen molar-refractivity contribution < 1.29 is 17.9 Å². The van der Waals surface area contributed by atoms with E-state index in [1.54, 1.807) is 0 Å². The second-order valence-corrected chi connectivity index (χ2v) is 6.00. The first-order chi connectivity index (χ1) is 9.44. The standard InChI is InChI=1S/C12H14FN3O3S/c1-8-11(13)2-9(6-17)3-12(8)20(18,19)16-5-10-4-14-7-15-10/h2-4,7,16-17H,5-6H2,1H3,(H,14,15). The Kier molecular flexibility index (Phi) is 4.17. The van der Waals surface area contributed by atoms with Crippen LogP contribution in [0.2, 0.25) is 0 Å². The molecule has 0 aliphatic carbocycles. The average Bonchev–Trinajstić information content (AvgIpc) is 2.92. The van der Waals surface area contributed by atoms with Crippen LogP contribution in [0.25, 0.3) is 0 Å². The van der Waals surface area contributed by atoms with Gasteiger partial charge in [0.2, 0.25) is 10.0 Å². The maximum Gasteiger partial charge on any atom is 0.241 e. The lowest BCUT2D eigenvalue weighted by molar-refractivity contribution is 0.281. The number of aromatic nitrogens is 2. The number of halogens is 1. The highest BCUT2D eigenvalue weighted by Crippen LogP contribution is 2.20. The molecular weight excluding hydrogens is 285 g/mol. The van der Waals surface area contributed by atoms with Crippen LogP contribution in [0.4, 0.5) is 4.39 Å². The van der Waals surface area contributed by atoms with Crippen molar-refractivity contribution in [2.45, 2.75) is 25.0 Å². The summed E-state index contributed by atoms with van der Waals surface area (Å²) in [6, 6.07) is 2.37. The van der Waals surface area contributed by atoms with E-state index < -0.39 is 22.4 Å². The van der Waals surface area contributed by atoms with Crippen molar-refractivity contribution in [1.82, 2.24) is 14.7 Å². The third-order valence-corrected chi connectivity index (χ3v) is 4.36. The number of nitrogens with zero attached hydrogens (tertiary/aromatic N) is 1. The minimum Gasteiger partial charge on any atom is -0.392 e. The zero-order valence-corrected chi connectivity index (χ0v) is 11.5.